The van der Waals surface area contributed by atoms with Crippen molar-refractivity contribution >= 4 is 35.0 Å². The molecule has 1 saturated heterocycles. The van der Waals surface area contributed by atoms with Gasteiger partial charge >= 0.3 is 0 Å². The molecule has 1 heterocycles. The van der Waals surface area contributed by atoms with E-state index >= 15 is 0 Å². The maximum atomic E-state index is 12.6. The van der Waals surface area contributed by atoms with Crippen LogP contribution in [0.2, 0.25) is 5.02 Å². The van der Waals surface area contributed by atoms with Crippen LogP contribution in [0.15, 0.2) is 42.5 Å². The summed E-state index contributed by atoms with van der Waals surface area (Å²) in [5.74, 6) is -0.335. The second-order valence-electron chi connectivity index (χ2n) is 6.74. The minimum atomic E-state index is -0.264. The first-order chi connectivity index (χ1) is 13.4. The van der Waals surface area contributed by atoms with Crippen LogP contribution in [0.3, 0.4) is 0 Å². The first-order valence-electron chi connectivity index (χ1n) is 9.08. The van der Waals surface area contributed by atoms with Gasteiger partial charge in [0.1, 0.15) is 0 Å². The summed E-state index contributed by atoms with van der Waals surface area (Å²) in [6.07, 6.45) is 0. The highest BCUT2D eigenvalue weighted by Crippen LogP contribution is 2.23. The van der Waals surface area contributed by atoms with Crippen LogP contribution in [0.25, 0.3) is 0 Å². The van der Waals surface area contributed by atoms with E-state index in [0.29, 0.717) is 48.0 Å². The summed E-state index contributed by atoms with van der Waals surface area (Å²) in [5.41, 5.74) is 2.43. The Bertz CT molecular complexity index is 904. The molecule has 0 bridgehead atoms. The molecule has 0 aromatic heterocycles. The number of carbonyl (C=O) groups is 3. The molecule has 1 aliphatic heterocycles. The van der Waals surface area contributed by atoms with Gasteiger partial charge in [-0.1, -0.05) is 17.7 Å². The molecule has 2 aromatic carbocycles. The third-order valence-electron chi connectivity index (χ3n) is 4.92. The average Bonchev–Trinajstić information content (AvgIpc) is 2.71. The van der Waals surface area contributed by atoms with Gasteiger partial charge in [0, 0.05) is 54.9 Å². The number of benzene rings is 2. The Labute approximate surface area is 169 Å². The lowest BCUT2D eigenvalue weighted by atomic mass is 10.1. The number of nitrogens with zero attached hydrogens (tertiary/aromatic N) is 2. The number of rotatable bonds is 3. The van der Waals surface area contributed by atoms with Gasteiger partial charge in [0.05, 0.1) is 0 Å². The highest BCUT2D eigenvalue weighted by atomic mass is 35.5. The molecule has 3 rings (SSSR count). The first-order valence-corrected chi connectivity index (χ1v) is 9.46. The second kappa shape index (κ2) is 8.44. The number of amides is 3. The fraction of sp³-hybridized carbons (Fsp3) is 0.286. The number of halogens is 1. The van der Waals surface area contributed by atoms with Gasteiger partial charge < -0.3 is 15.1 Å². The van der Waals surface area contributed by atoms with Gasteiger partial charge in [0.2, 0.25) is 5.91 Å². The molecule has 1 N–H and O–H groups in total. The van der Waals surface area contributed by atoms with Crippen LogP contribution in [-0.2, 0) is 4.79 Å². The summed E-state index contributed by atoms with van der Waals surface area (Å²) >= 11 is 6.08. The predicted molar refractivity (Wildman–Crippen MR) is 109 cm³/mol. The second-order valence-corrected chi connectivity index (χ2v) is 7.15. The van der Waals surface area contributed by atoms with Gasteiger partial charge in [-0.2, -0.15) is 0 Å². The topological polar surface area (TPSA) is 69.7 Å². The van der Waals surface area contributed by atoms with Crippen LogP contribution in [0, 0.1) is 6.92 Å². The summed E-state index contributed by atoms with van der Waals surface area (Å²) in [6, 6.07) is 11.9. The molecule has 0 unspecified atom stereocenters. The molecular weight excluding hydrogens is 378 g/mol. The van der Waals surface area contributed by atoms with Crippen LogP contribution in [0.1, 0.15) is 33.2 Å². The van der Waals surface area contributed by atoms with E-state index in [1.54, 1.807) is 52.3 Å². The number of carbonyl (C=O) groups excluding carboxylic acids is 3. The van der Waals surface area contributed by atoms with E-state index < -0.39 is 0 Å². The summed E-state index contributed by atoms with van der Waals surface area (Å²) in [7, 11) is 0. The zero-order valence-corrected chi connectivity index (χ0v) is 16.6. The Kier molecular flexibility index (Phi) is 5.99. The monoisotopic (exact) mass is 399 g/mol. The molecule has 7 heteroatoms. The maximum absolute atomic E-state index is 12.6. The van der Waals surface area contributed by atoms with Crippen LogP contribution in [0.5, 0.6) is 0 Å². The molecule has 0 saturated carbocycles. The number of hydrogen-bond donors (Lipinski definition) is 1. The highest BCUT2D eigenvalue weighted by Gasteiger charge is 2.23. The molecule has 3 amide bonds. The van der Waals surface area contributed by atoms with Gasteiger partial charge in [0.15, 0.2) is 0 Å². The van der Waals surface area contributed by atoms with E-state index in [2.05, 4.69) is 5.32 Å². The quantitative estimate of drug-likeness (QED) is 0.861. The SMILES string of the molecule is CC(=O)N1CCN(C(=O)c2ccc(C(=O)Nc3cccc(Cl)c3C)cc2)CC1. The van der Waals surface area contributed by atoms with E-state index in [9.17, 15) is 14.4 Å². The molecule has 0 atom stereocenters. The Morgan fingerprint density at radius 3 is 2.07 bits per heavy atom. The number of nitrogens with one attached hydrogen (secondary N) is 1. The number of hydrogen-bond acceptors (Lipinski definition) is 3. The van der Waals surface area contributed by atoms with Crippen molar-refractivity contribution in [1.82, 2.24) is 9.80 Å². The summed E-state index contributed by atoms with van der Waals surface area (Å²) < 4.78 is 0. The predicted octanol–water partition coefficient (Wildman–Crippen LogP) is 3.21. The van der Waals surface area contributed by atoms with Gasteiger partial charge in [-0.25, -0.2) is 0 Å². The van der Waals surface area contributed by atoms with Crippen molar-refractivity contribution in [3.63, 3.8) is 0 Å². The van der Waals surface area contributed by atoms with Gasteiger partial charge in [-0.05, 0) is 48.9 Å². The summed E-state index contributed by atoms with van der Waals surface area (Å²) in [5, 5.41) is 3.43. The van der Waals surface area contributed by atoms with Crippen molar-refractivity contribution in [2.45, 2.75) is 13.8 Å². The summed E-state index contributed by atoms with van der Waals surface area (Å²) in [6.45, 7) is 5.47. The lowest BCUT2D eigenvalue weighted by molar-refractivity contribution is -0.130. The molecule has 0 spiro atoms. The van der Waals surface area contributed by atoms with Gasteiger partial charge in [-0.15, -0.1) is 0 Å². The first kappa shape index (κ1) is 19.9. The molecule has 1 aliphatic rings. The van der Waals surface area contributed by atoms with Crippen molar-refractivity contribution in [3.8, 4) is 0 Å². The third kappa shape index (κ3) is 4.34. The Morgan fingerprint density at radius 2 is 1.46 bits per heavy atom. The molecule has 6 nitrogen and oxygen atoms in total. The lowest BCUT2D eigenvalue weighted by Crippen LogP contribution is -2.50. The molecule has 1 fully saturated rings. The molecule has 28 heavy (non-hydrogen) atoms. The fourth-order valence-corrected chi connectivity index (χ4v) is 3.28. The van der Waals surface area contributed by atoms with Crippen molar-refractivity contribution in [3.05, 3.63) is 64.2 Å². The normalized spacial score (nSPS) is 14.0. The minimum Gasteiger partial charge on any atom is -0.339 e. The average molecular weight is 400 g/mol. The van der Waals surface area contributed by atoms with Crippen molar-refractivity contribution in [2.75, 3.05) is 31.5 Å². The minimum absolute atomic E-state index is 0.0254. The van der Waals surface area contributed by atoms with Crippen LogP contribution >= 0.6 is 11.6 Å². The van der Waals surface area contributed by atoms with Crippen LogP contribution < -0.4 is 5.32 Å². The lowest BCUT2D eigenvalue weighted by Gasteiger charge is -2.34. The molecule has 146 valence electrons. The number of piperazine rings is 1. The largest absolute Gasteiger partial charge is 0.339 e. The number of anilines is 1. The van der Waals surface area contributed by atoms with E-state index in [1.807, 2.05) is 6.92 Å². The van der Waals surface area contributed by atoms with E-state index in [0.717, 1.165) is 5.56 Å². The molecule has 0 radical (unpaired) electrons. The highest BCUT2D eigenvalue weighted by molar-refractivity contribution is 6.31. The maximum Gasteiger partial charge on any atom is 0.255 e. The Balaban J connectivity index is 1.64. The van der Waals surface area contributed by atoms with E-state index in [1.165, 1.54) is 6.92 Å². The zero-order chi connectivity index (χ0) is 20.3. The van der Waals surface area contributed by atoms with Crippen LogP contribution in [0.4, 0.5) is 5.69 Å². The summed E-state index contributed by atoms with van der Waals surface area (Å²) in [4.78, 5) is 40.0. The van der Waals surface area contributed by atoms with E-state index in [4.69, 9.17) is 11.6 Å². The fourth-order valence-electron chi connectivity index (χ4n) is 3.11. The van der Waals surface area contributed by atoms with Gasteiger partial charge in [0.25, 0.3) is 11.8 Å². The Hall–Kier alpha value is -2.86. The van der Waals surface area contributed by atoms with Crippen molar-refractivity contribution < 1.29 is 14.4 Å². The van der Waals surface area contributed by atoms with Crippen molar-refractivity contribution in [1.29, 1.82) is 0 Å². The van der Waals surface area contributed by atoms with Crippen molar-refractivity contribution in [2.24, 2.45) is 0 Å². The van der Waals surface area contributed by atoms with Crippen LogP contribution in [-0.4, -0.2) is 53.7 Å². The molecular formula is C21H22ClN3O3. The molecule has 0 aliphatic carbocycles. The smallest absolute Gasteiger partial charge is 0.255 e. The Morgan fingerprint density at radius 1 is 0.893 bits per heavy atom. The van der Waals surface area contributed by atoms with E-state index in [-0.39, 0.29) is 17.7 Å². The molecule has 2 aromatic rings. The zero-order valence-electron chi connectivity index (χ0n) is 15.9. The third-order valence-corrected chi connectivity index (χ3v) is 5.33. The van der Waals surface area contributed by atoms with Gasteiger partial charge in [-0.3, -0.25) is 14.4 Å². The standard InChI is InChI=1S/C21H22ClN3O3/c1-14-18(22)4-3-5-19(14)23-20(27)16-6-8-17(9-7-16)21(28)25-12-10-24(11-13-25)15(2)26/h3-9H,10-13H2,1-2H3,(H,23,27).